The third-order valence-corrected chi connectivity index (χ3v) is 4.63. The second-order valence-corrected chi connectivity index (χ2v) is 6.08. The molecule has 1 fully saturated rings. The first-order valence-electron chi connectivity index (χ1n) is 7.54. The molecule has 3 rings (SSSR count). The van der Waals surface area contributed by atoms with E-state index in [2.05, 4.69) is 17.0 Å². The fourth-order valence-electron chi connectivity index (χ4n) is 3.19. The van der Waals surface area contributed by atoms with Crippen molar-refractivity contribution in [2.75, 3.05) is 18.0 Å². The number of piperidine rings is 1. The van der Waals surface area contributed by atoms with Gasteiger partial charge < -0.3 is 20.9 Å². The first-order chi connectivity index (χ1) is 10.1. The first-order valence-corrected chi connectivity index (χ1v) is 7.54. The van der Waals surface area contributed by atoms with Gasteiger partial charge in [-0.25, -0.2) is 4.98 Å². The summed E-state index contributed by atoms with van der Waals surface area (Å²) < 4.78 is 0. The van der Waals surface area contributed by atoms with E-state index in [0.29, 0.717) is 18.0 Å². The fourth-order valence-corrected chi connectivity index (χ4v) is 3.19. The van der Waals surface area contributed by atoms with Crippen LogP contribution in [0.3, 0.4) is 0 Å². The second-order valence-electron chi connectivity index (χ2n) is 6.08. The minimum Gasteiger partial charge on any atom is -0.409 e. The maximum absolute atomic E-state index is 10.1. The average Bonchev–Trinajstić information content (AvgIpc) is 2.95. The molecule has 1 saturated heterocycles. The summed E-state index contributed by atoms with van der Waals surface area (Å²) in [4.78, 5) is 6.80. The van der Waals surface area contributed by atoms with E-state index in [1.54, 1.807) is 0 Å². The molecular formula is C15H22N4O2. The molecule has 1 aromatic rings. The molecule has 2 heterocycles. The lowest BCUT2D eigenvalue weighted by Crippen LogP contribution is -2.44. The molecule has 1 aromatic heterocycles. The van der Waals surface area contributed by atoms with Gasteiger partial charge in [-0.1, -0.05) is 12.1 Å². The molecule has 2 unspecified atom stereocenters. The fraction of sp³-hybridized carbons (Fsp3) is 0.600. The highest BCUT2D eigenvalue weighted by molar-refractivity contribution is 6.01. The second kappa shape index (κ2) is 5.52. The molecule has 1 aliphatic heterocycles. The van der Waals surface area contributed by atoms with Crippen molar-refractivity contribution in [3.63, 3.8) is 0 Å². The number of oxime groups is 1. The van der Waals surface area contributed by atoms with Crippen LogP contribution < -0.4 is 10.6 Å². The van der Waals surface area contributed by atoms with Gasteiger partial charge in [-0.2, -0.15) is 0 Å². The third-order valence-electron chi connectivity index (χ3n) is 4.63. The summed E-state index contributed by atoms with van der Waals surface area (Å²) in [5.41, 5.74) is 8.79. The van der Waals surface area contributed by atoms with E-state index in [0.717, 1.165) is 43.7 Å². The molecule has 6 nitrogen and oxygen atoms in total. The zero-order valence-electron chi connectivity index (χ0n) is 12.3. The lowest BCUT2D eigenvalue weighted by Gasteiger charge is -2.36. The average molecular weight is 290 g/mol. The number of aryl methyl sites for hydroxylation is 2. The number of nitrogens with zero attached hydrogens (tertiary/aromatic N) is 3. The Hall–Kier alpha value is -1.82. The number of β-amino-alcohol motifs (C(OH)–C–C–N with tert-alkyl or cyclic N) is 1. The standard InChI is InChI=1S/C15H22N4O2/c1-9-5-6-19(8-13(9)20)15-11(14(16)18-21)7-10-3-2-4-12(10)17-15/h7,9,13,20-21H,2-6,8H2,1H3,(H2,16,18). The van der Waals surface area contributed by atoms with Crippen molar-refractivity contribution >= 4 is 11.7 Å². The minimum absolute atomic E-state index is 0.0836. The van der Waals surface area contributed by atoms with E-state index in [-0.39, 0.29) is 11.9 Å². The van der Waals surface area contributed by atoms with Crippen LogP contribution in [0.1, 0.15) is 36.6 Å². The van der Waals surface area contributed by atoms with Crippen molar-refractivity contribution in [2.45, 2.75) is 38.7 Å². The van der Waals surface area contributed by atoms with Gasteiger partial charge in [0.1, 0.15) is 5.82 Å². The zero-order valence-corrected chi connectivity index (χ0v) is 12.3. The predicted octanol–water partition coefficient (Wildman–Crippen LogP) is 0.872. The van der Waals surface area contributed by atoms with Gasteiger partial charge in [-0.3, -0.25) is 0 Å². The Kier molecular flexibility index (Phi) is 3.71. The molecule has 4 N–H and O–H groups in total. The van der Waals surface area contributed by atoms with Crippen molar-refractivity contribution in [2.24, 2.45) is 16.8 Å². The Morgan fingerprint density at radius 2 is 2.29 bits per heavy atom. The van der Waals surface area contributed by atoms with Gasteiger partial charge in [0.2, 0.25) is 0 Å². The SMILES string of the molecule is CC1CCN(c2nc3c(cc2C(N)=NO)CCC3)CC1O. The van der Waals surface area contributed by atoms with Crippen molar-refractivity contribution < 1.29 is 10.3 Å². The van der Waals surface area contributed by atoms with Crippen LogP contribution in [0.4, 0.5) is 5.82 Å². The maximum atomic E-state index is 10.1. The highest BCUT2D eigenvalue weighted by atomic mass is 16.4. The van der Waals surface area contributed by atoms with Gasteiger partial charge >= 0.3 is 0 Å². The van der Waals surface area contributed by atoms with Gasteiger partial charge in [0.05, 0.1) is 11.7 Å². The highest BCUT2D eigenvalue weighted by Crippen LogP contribution is 2.30. The number of fused-ring (bicyclic) bond motifs is 1. The summed E-state index contributed by atoms with van der Waals surface area (Å²) in [5, 5.41) is 22.3. The largest absolute Gasteiger partial charge is 0.409 e. The Morgan fingerprint density at radius 3 is 3.00 bits per heavy atom. The van der Waals surface area contributed by atoms with Gasteiger partial charge in [-0.05, 0) is 43.2 Å². The molecular weight excluding hydrogens is 268 g/mol. The number of hydrogen-bond donors (Lipinski definition) is 3. The van der Waals surface area contributed by atoms with E-state index >= 15 is 0 Å². The Morgan fingerprint density at radius 1 is 1.48 bits per heavy atom. The molecule has 0 radical (unpaired) electrons. The Balaban J connectivity index is 2.00. The van der Waals surface area contributed by atoms with Crippen molar-refractivity contribution in [3.8, 4) is 0 Å². The van der Waals surface area contributed by atoms with Gasteiger partial charge in [-0.15, -0.1) is 0 Å². The molecule has 1 aliphatic carbocycles. The number of hydrogen-bond acceptors (Lipinski definition) is 5. The normalized spacial score (nSPS) is 26.0. The molecule has 2 aliphatic rings. The molecule has 21 heavy (non-hydrogen) atoms. The molecule has 0 spiro atoms. The first kappa shape index (κ1) is 14.1. The van der Waals surface area contributed by atoms with E-state index < -0.39 is 0 Å². The molecule has 0 saturated carbocycles. The third kappa shape index (κ3) is 2.55. The quantitative estimate of drug-likeness (QED) is 0.325. The van der Waals surface area contributed by atoms with Crippen LogP contribution in [0.5, 0.6) is 0 Å². The summed E-state index contributed by atoms with van der Waals surface area (Å²) in [6.45, 7) is 3.43. The van der Waals surface area contributed by atoms with Crippen molar-refractivity contribution in [1.82, 2.24) is 4.98 Å². The van der Waals surface area contributed by atoms with Crippen LogP contribution in [0.15, 0.2) is 11.2 Å². The van der Waals surface area contributed by atoms with Gasteiger partial charge in [0.25, 0.3) is 0 Å². The molecule has 0 bridgehead atoms. The Bertz CT molecular complexity index is 573. The minimum atomic E-state index is -0.367. The summed E-state index contributed by atoms with van der Waals surface area (Å²) in [6, 6.07) is 1.99. The number of anilines is 1. The number of aliphatic hydroxyl groups excluding tert-OH is 1. The number of amidine groups is 1. The zero-order chi connectivity index (χ0) is 15.0. The van der Waals surface area contributed by atoms with E-state index in [1.165, 1.54) is 5.56 Å². The van der Waals surface area contributed by atoms with Gasteiger partial charge in [0, 0.05) is 18.8 Å². The number of aromatic nitrogens is 1. The Labute approximate surface area is 124 Å². The number of aliphatic hydroxyl groups is 1. The number of pyridine rings is 1. The molecule has 114 valence electrons. The topological polar surface area (TPSA) is 95.0 Å². The van der Waals surface area contributed by atoms with Crippen LogP contribution >= 0.6 is 0 Å². The highest BCUT2D eigenvalue weighted by Gasteiger charge is 2.28. The monoisotopic (exact) mass is 290 g/mol. The van der Waals surface area contributed by atoms with Crippen LogP contribution in [-0.4, -0.2) is 40.3 Å². The lowest BCUT2D eigenvalue weighted by molar-refractivity contribution is 0.102. The molecule has 0 aromatic carbocycles. The van der Waals surface area contributed by atoms with Crippen LogP contribution in [0, 0.1) is 5.92 Å². The molecule has 0 amide bonds. The lowest BCUT2D eigenvalue weighted by atomic mass is 9.95. The van der Waals surface area contributed by atoms with Gasteiger partial charge in [0.15, 0.2) is 5.84 Å². The van der Waals surface area contributed by atoms with Crippen LogP contribution in [0.25, 0.3) is 0 Å². The maximum Gasteiger partial charge on any atom is 0.173 e. The summed E-state index contributed by atoms with van der Waals surface area (Å²) in [5.74, 6) is 1.11. The van der Waals surface area contributed by atoms with Crippen molar-refractivity contribution in [3.05, 3.63) is 22.9 Å². The van der Waals surface area contributed by atoms with Crippen molar-refractivity contribution in [1.29, 1.82) is 0 Å². The molecule has 6 heteroatoms. The van der Waals surface area contributed by atoms with E-state index in [9.17, 15) is 5.11 Å². The smallest absolute Gasteiger partial charge is 0.173 e. The predicted molar refractivity (Wildman–Crippen MR) is 80.8 cm³/mol. The van der Waals surface area contributed by atoms with E-state index in [4.69, 9.17) is 15.9 Å². The summed E-state index contributed by atoms with van der Waals surface area (Å²) >= 11 is 0. The van der Waals surface area contributed by atoms with Crippen LogP contribution in [-0.2, 0) is 12.8 Å². The summed E-state index contributed by atoms with van der Waals surface area (Å²) in [7, 11) is 0. The number of nitrogens with two attached hydrogens (primary N) is 1. The summed E-state index contributed by atoms with van der Waals surface area (Å²) in [6.07, 6.45) is 3.62. The number of rotatable bonds is 2. The van der Waals surface area contributed by atoms with Crippen LogP contribution in [0.2, 0.25) is 0 Å². The van der Waals surface area contributed by atoms with E-state index in [1.807, 2.05) is 6.07 Å². The molecule has 2 atom stereocenters.